The molecule has 1 fully saturated rings. The lowest BCUT2D eigenvalue weighted by atomic mass is 10.3. The molecule has 0 atom stereocenters. The van der Waals surface area contributed by atoms with Crippen LogP contribution in [0.25, 0.3) is 0 Å². The van der Waals surface area contributed by atoms with Crippen LogP contribution >= 0.6 is 0 Å². The van der Waals surface area contributed by atoms with E-state index in [1.54, 1.807) is 0 Å². The molecule has 1 saturated carbocycles. The fourth-order valence-corrected chi connectivity index (χ4v) is 2.24. The summed E-state index contributed by atoms with van der Waals surface area (Å²) in [5.41, 5.74) is 6.59. The summed E-state index contributed by atoms with van der Waals surface area (Å²) in [6.07, 6.45) is 2.41. The van der Waals surface area contributed by atoms with Gasteiger partial charge in [-0.3, -0.25) is 4.79 Å². The molecule has 0 aromatic heterocycles. The highest BCUT2D eigenvalue weighted by molar-refractivity contribution is 5.94. The molecule has 25 heavy (non-hydrogen) atoms. The highest BCUT2D eigenvalue weighted by atomic mass is 16.5. The van der Waals surface area contributed by atoms with E-state index in [2.05, 4.69) is 15.6 Å². The summed E-state index contributed by atoms with van der Waals surface area (Å²) in [5.74, 6) is 2.17. The molecule has 130 valence electrons. The molecule has 6 heteroatoms. The molecule has 0 bridgehead atoms. The van der Waals surface area contributed by atoms with Crippen molar-refractivity contribution in [2.24, 2.45) is 16.6 Å². The third-order valence-corrected chi connectivity index (χ3v) is 3.76. The average molecular weight is 338 g/mol. The van der Waals surface area contributed by atoms with E-state index in [1.165, 1.54) is 12.8 Å². The van der Waals surface area contributed by atoms with Gasteiger partial charge in [-0.05, 0) is 43.0 Å². The van der Waals surface area contributed by atoms with Gasteiger partial charge in [-0.2, -0.15) is 0 Å². The van der Waals surface area contributed by atoms with E-state index in [1.807, 2.05) is 54.6 Å². The molecule has 1 aliphatic carbocycles. The Morgan fingerprint density at radius 1 is 1.12 bits per heavy atom. The maximum absolute atomic E-state index is 11.7. The maximum atomic E-state index is 11.7. The molecule has 2 aromatic rings. The van der Waals surface area contributed by atoms with Crippen molar-refractivity contribution in [2.75, 3.05) is 18.4 Å². The predicted molar refractivity (Wildman–Crippen MR) is 98.8 cm³/mol. The molecule has 0 unspecified atom stereocenters. The fourth-order valence-electron chi connectivity index (χ4n) is 2.24. The smallest absolute Gasteiger partial charge is 0.241 e. The molecule has 0 heterocycles. The van der Waals surface area contributed by atoms with Gasteiger partial charge < -0.3 is 21.1 Å². The van der Waals surface area contributed by atoms with Crippen molar-refractivity contribution in [3.05, 3.63) is 54.6 Å². The number of para-hydroxylation sites is 1. The molecule has 2 aromatic carbocycles. The molecule has 6 nitrogen and oxygen atoms in total. The summed E-state index contributed by atoms with van der Waals surface area (Å²) in [6.45, 7) is 0.756. The number of benzene rings is 2. The van der Waals surface area contributed by atoms with Crippen molar-refractivity contribution in [3.63, 3.8) is 0 Å². The van der Waals surface area contributed by atoms with Gasteiger partial charge >= 0.3 is 0 Å². The Labute approximate surface area is 147 Å². The van der Waals surface area contributed by atoms with Gasteiger partial charge in [0.15, 0.2) is 5.96 Å². The SMILES string of the molecule is NC(=NCC(=O)NCC1CC1)Nc1cccc(Oc2ccccc2)c1. The second kappa shape index (κ2) is 8.19. The van der Waals surface area contributed by atoms with Gasteiger partial charge in [0, 0.05) is 18.3 Å². The Bertz CT molecular complexity index is 742. The van der Waals surface area contributed by atoms with Crippen molar-refractivity contribution < 1.29 is 9.53 Å². The third-order valence-electron chi connectivity index (χ3n) is 3.76. The van der Waals surface area contributed by atoms with Crippen LogP contribution in [0.2, 0.25) is 0 Å². The van der Waals surface area contributed by atoms with Crippen LogP contribution in [0.15, 0.2) is 59.6 Å². The van der Waals surface area contributed by atoms with Crippen molar-refractivity contribution in [1.82, 2.24) is 5.32 Å². The first kappa shape index (κ1) is 16.8. The fraction of sp³-hybridized carbons (Fsp3) is 0.263. The number of nitrogens with zero attached hydrogens (tertiary/aromatic N) is 1. The first-order valence-electron chi connectivity index (χ1n) is 8.35. The van der Waals surface area contributed by atoms with Crippen LogP contribution in [0.5, 0.6) is 11.5 Å². The average Bonchev–Trinajstić information content (AvgIpc) is 3.44. The molecule has 4 N–H and O–H groups in total. The number of rotatable bonds is 7. The number of carbonyl (C=O) groups is 1. The van der Waals surface area contributed by atoms with Crippen molar-refractivity contribution in [3.8, 4) is 11.5 Å². The third kappa shape index (κ3) is 5.84. The van der Waals surface area contributed by atoms with Crippen molar-refractivity contribution in [2.45, 2.75) is 12.8 Å². The summed E-state index contributed by atoms with van der Waals surface area (Å²) in [7, 11) is 0. The van der Waals surface area contributed by atoms with Crippen LogP contribution in [0.3, 0.4) is 0 Å². The summed E-state index contributed by atoms with van der Waals surface area (Å²) in [5, 5.41) is 5.82. The molecule has 0 spiro atoms. The largest absolute Gasteiger partial charge is 0.457 e. The van der Waals surface area contributed by atoms with E-state index in [4.69, 9.17) is 10.5 Å². The minimum absolute atomic E-state index is 0.0196. The Morgan fingerprint density at radius 2 is 1.88 bits per heavy atom. The number of anilines is 1. The standard InChI is InChI=1S/C19H22N4O2/c20-19(22-13-18(24)21-12-14-9-10-14)23-15-5-4-8-17(11-15)25-16-6-2-1-3-7-16/h1-8,11,14H,9-10,12-13H2,(H,21,24)(H3,20,22,23). The number of guanidine groups is 1. The van der Waals surface area contributed by atoms with E-state index in [0.29, 0.717) is 11.7 Å². The lowest BCUT2D eigenvalue weighted by molar-refractivity contribution is -0.119. The summed E-state index contributed by atoms with van der Waals surface area (Å²) < 4.78 is 5.77. The Morgan fingerprint density at radius 3 is 2.64 bits per heavy atom. The Balaban J connectivity index is 1.51. The maximum Gasteiger partial charge on any atom is 0.241 e. The van der Waals surface area contributed by atoms with Crippen LogP contribution in [0, 0.1) is 5.92 Å². The van der Waals surface area contributed by atoms with Crippen molar-refractivity contribution >= 4 is 17.6 Å². The monoisotopic (exact) mass is 338 g/mol. The minimum Gasteiger partial charge on any atom is -0.457 e. The van der Waals surface area contributed by atoms with E-state index >= 15 is 0 Å². The topological polar surface area (TPSA) is 88.7 Å². The molecule has 3 rings (SSSR count). The molecule has 1 amide bonds. The summed E-state index contributed by atoms with van der Waals surface area (Å²) in [4.78, 5) is 15.7. The minimum atomic E-state index is -0.113. The summed E-state index contributed by atoms with van der Waals surface area (Å²) in [6, 6.07) is 16.9. The van der Waals surface area contributed by atoms with Crippen LogP contribution < -0.4 is 21.1 Å². The number of nitrogens with one attached hydrogen (secondary N) is 2. The second-order valence-corrected chi connectivity index (χ2v) is 6.02. The second-order valence-electron chi connectivity index (χ2n) is 6.02. The van der Waals surface area contributed by atoms with Gasteiger partial charge in [0.05, 0.1) is 0 Å². The van der Waals surface area contributed by atoms with Gasteiger partial charge in [-0.15, -0.1) is 0 Å². The first-order valence-corrected chi connectivity index (χ1v) is 8.35. The van der Waals surface area contributed by atoms with Crippen molar-refractivity contribution in [1.29, 1.82) is 0 Å². The number of aliphatic imine (C=N–C) groups is 1. The van der Waals surface area contributed by atoms with Gasteiger partial charge in [0.2, 0.25) is 5.91 Å². The highest BCUT2D eigenvalue weighted by Gasteiger charge is 2.21. The lowest BCUT2D eigenvalue weighted by Crippen LogP contribution is -2.30. The van der Waals surface area contributed by atoms with E-state index in [-0.39, 0.29) is 18.4 Å². The van der Waals surface area contributed by atoms with Gasteiger partial charge in [0.25, 0.3) is 0 Å². The molecular formula is C19H22N4O2. The number of nitrogens with two attached hydrogens (primary N) is 1. The molecule has 0 aliphatic heterocycles. The summed E-state index contributed by atoms with van der Waals surface area (Å²) >= 11 is 0. The van der Waals surface area contributed by atoms with Crippen LogP contribution in [-0.4, -0.2) is 25.0 Å². The number of ether oxygens (including phenoxy) is 1. The van der Waals surface area contributed by atoms with E-state index < -0.39 is 0 Å². The van der Waals surface area contributed by atoms with Crippen LogP contribution in [0.4, 0.5) is 5.69 Å². The number of hydrogen-bond acceptors (Lipinski definition) is 3. The highest BCUT2D eigenvalue weighted by Crippen LogP contribution is 2.27. The van der Waals surface area contributed by atoms with Crippen LogP contribution in [-0.2, 0) is 4.79 Å². The van der Waals surface area contributed by atoms with E-state index in [0.717, 1.165) is 18.0 Å². The molecule has 0 radical (unpaired) electrons. The molecular weight excluding hydrogens is 316 g/mol. The zero-order chi connectivity index (χ0) is 17.5. The van der Waals surface area contributed by atoms with Gasteiger partial charge in [-0.25, -0.2) is 4.99 Å². The molecule has 1 aliphatic rings. The van der Waals surface area contributed by atoms with Crippen LogP contribution in [0.1, 0.15) is 12.8 Å². The predicted octanol–water partition coefficient (Wildman–Crippen LogP) is 2.73. The van der Waals surface area contributed by atoms with E-state index in [9.17, 15) is 4.79 Å². The van der Waals surface area contributed by atoms with Gasteiger partial charge in [0.1, 0.15) is 18.0 Å². The Kier molecular flexibility index (Phi) is 5.51. The Hall–Kier alpha value is -3.02. The number of amides is 1. The first-order chi connectivity index (χ1) is 12.2. The zero-order valence-corrected chi connectivity index (χ0v) is 13.9. The zero-order valence-electron chi connectivity index (χ0n) is 13.9. The number of hydrogen-bond donors (Lipinski definition) is 3. The quantitative estimate of drug-likeness (QED) is 0.535. The number of carbonyl (C=O) groups excluding carboxylic acids is 1. The molecule has 0 saturated heterocycles. The normalized spacial score (nSPS) is 14.0. The van der Waals surface area contributed by atoms with Gasteiger partial charge in [-0.1, -0.05) is 24.3 Å². The lowest BCUT2D eigenvalue weighted by Gasteiger charge is -2.09.